The number of fused-ring (bicyclic) bond motifs is 1. The Labute approximate surface area is 285 Å². The van der Waals surface area contributed by atoms with Crippen molar-refractivity contribution in [3.05, 3.63) is 41.6 Å². The van der Waals surface area contributed by atoms with Gasteiger partial charge >= 0.3 is 23.9 Å². The van der Waals surface area contributed by atoms with Crippen LogP contribution in [0.3, 0.4) is 0 Å². The molecule has 0 saturated carbocycles. The summed E-state index contributed by atoms with van der Waals surface area (Å²) in [6.45, 7) is -0.861. The summed E-state index contributed by atoms with van der Waals surface area (Å²) in [4.78, 5) is 51.7. The van der Waals surface area contributed by atoms with Gasteiger partial charge in [-0.25, -0.2) is 19.2 Å². The summed E-state index contributed by atoms with van der Waals surface area (Å²) in [7, 11) is 0. The molecular formula is C30H34N2O19. The van der Waals surface area contributed by atoms with E-state index in [9.17, 15) is 75.3 Å². The molecule has 0 bridgehead atoms. The van der Waals surface area contributed by atoms with Crippen molar-refractivity contribution < 1.29 is 94.3 Å². The van der Waals surface area contributed by atoms with Crippen molar-refractivity contribution >= 4 is 35.3 Å². The number of aliphatic carboxylic acids is 4. The predicted molar refractivity (Wildman–Crippen MR) is 162 cm³/mol. The molecule has 5 rings (SSSR count). The lowest BCUT2D eigenvalue weighted by Crippen LogP contribution is -2.65. The predicted octanol–water partition coefficient (Wildman–Crippen LogP) is -3.87. The number of aliphatic hydroxyl groups excluding tert-OH is 6. The highest BCUT2D eigenvalue weighted by molar-refractivity contribution is 6.41. The molecule has 278 valence electrons. The van der Waals surface area contributed by atoms with Crippen LogP contribution < -0.4 is 9.64 Å². The number of benzene rings is 1. The number of carbonyl (C=O) groups is 4. The second-order valence-corrected chi connectivity index (χ2v) is 12.0. The van der Waals surface area contributed by atoms with Crippen LogP contribution in [0.2, 0.25) is 0 Å². The fourth-order valence-electron chi connectivity index (χ4n) is 5.96. The minimum absolute atomic E-state index is 0.147. The van der Waals surface area contributed by atoms with Gasteiger partial charge in [-0.1, -0.05) is 0 Å². The van der Waals surface area contributed by atoms with Crippen molar-refractivity contribution in [1.82, 2.24) is 0 Å². The molecule has 51 heavy (non-hydrogen) atoms. The summed E-state index contributed by atoms with van der Waals surface area (Å²) >= 11 is 0. The molecule has 11 N–H and O–H groups in total. The molecule has 12 atom stereocenters. The average molecular weight is 727 g/mol. The summed E-state index contributed by atoms with van der Waals surface area (Å²) < 4.78 is 21.9. The first-order valence-electron chi connectivity index (χ1n) is 15.2. The van der Waals surface area contributed by atoms with E-state index in [1.807, 2.05) is 0 Å². The van der Waals surface area contributed by atoms with Crippen molar-refractivity contribution in [1.29, 1.82) is 0 Å². The van der Waals surface area contributed by atoms with Gasteiger partial charge in [0.2, 0.25) is 6.29 Å². The Morgan fingerprint density at radius 1 is 0.863 bits per heavy atom. The van der Waals surface area contributed by atoms with Crippen LogP contribution in [-0.2, 0) is 39.8 Å². The van der Waals surface area contributed by atoms with Gasteiger partial charge in [0, 0.05) is 30.8 Å². The molecule has 1 aromatic carbocycles. The van der Waals surface area contributed by atoms with E-state index in [0.717, 1.165) is 12.1 Å². The number of carboxylic acids is 4. The molecule has 2 saturated heterocycles. The van der Waals surface area contributed by atoms with Crippen LogP contribution in [0.1, 0.15) is 12.0 Å². The smallest absolute Gasteiger partial charge is 0.354 e. The van der Waals surface area contributed by atoms with Crippen LogP contribution in [0.25, 0.3) is 0 Å². The molecule has 0 amide bonds. The number of nitrogens with zero attached hydrogens (tertiary/aromatic N) is 2. The molecule has 0 aromatic heterocycles. The Hall–Kier alpha value is -4.71. The first kappa shape index (κ1) is 37.5. The first-order valence-corrected chi connectivity index (χ1v) is 15.2. The molecule has 0 aliphatic carbocycles. The maximum atomic E-state index is 12.2. The molecule has 1 aromatic rings. The Balaban J connectivity index is 1.43. The average Bonchev–Trinajstić information content (AvgIpc) is 3.43. The zero-order valence-electron chi connectivity index (χ0n) is 26.0. The van der Waals surface area contributed by atoms with E-state index in [4.69, 9.17) is 18.9 Å². The highest BCUT2D eigenvalue weighted by Gasteiger charge is 2.53. The number of allylic oxidation sites excluding steroid dienone is 1. The molecule has 21 heteroatoms. The lowest BCUT2D eigenvalue weighted by molar-refractivity contribution is -0.353. The van der Waals surface area contributed by atoms with E-state index in [-0.39, 0.29) is 29.7 Å². The molecule has 2 fully saturated rings. The van der Waals surface area contributed by atoms with Crippen molar-refractivity contribution in [2.45, 2.75) is 86.3 Å². The Morgan fingerprint density at radius 3 is 2.18 bits per heavy atom. The topological polar surface area (TPSA) is 343 Å². The van der Waals surface area contributed by atoms with Gasteiger partial charge in [-0.3, -0.25) is 4.99 Å². The molecule has 4 aliphatic rings. The van der Waals surface area contributed by atoms with Gasteiger partial charge in [0.15, 0.2) is 36.0 Å². The Bertz CT molecular complexity index is 1640. The van der Waals surface area contributed by atoms with Gasteiger partial charge in [0.05, 0.1) is 6.61 Å². The van der Waals surface area contributed by atoms with E-state index < -0.39 is 121 Å². The van der Waals surface area contributed by atoms with Gasteiger partial charge < -0.3 is 80.0 Å². The van der Waals surface area contributed by atoms with E-state index in [1.54, 1.807) is 0 Å². The van der Waals surface area contributed by atoms with E-state index >= 15 is 0 Å². The lowest BCUT2D eigenvalue weighted by atomic mass is 9.97. The number of dihydropyridines is 1. The fraction of sp³-hybridized carbons (Fsp3) is 0.500. The van der Waals surface area contributed by atoms with Gasteiger partial charge in [0.1, 0.15) is 48.4 Å². The SMILES string of the molecule is O=C(O)C1=N[C@H](C(=O)O)CC(C=CN2c3cc(O)c(O[C@@H]4O[C@H](CO)[C@@H](O)[C@H](O)[C@H]4O[C@@H]4O[C@H](C(=O)O)[C@@H](O)[C@H](O)[C@@H]4O)cc3C[C@H]2C(=O)O)=C1. The quantitative estimate of drug-likeness (QED) is 0.104. The van der Waals surface area contributed by atoms with E-state index in [2.05, 4.69) is 4.99 Å². The van der Waals surface area contributed by atoms with E-state index in [1.165, 1.54) is 23.2 Å². The van der Waals surface area contributed by atoms with Gasteiger partial charge in [-0.2, -0.15) is 0 Å². The third kappa shape index (κ3) is 7.51. The molecule has 0 spiro atoms. The number of aliphatic imine (C=N–C) groups is 1. The summed E-state index contributed by atoms with van der Waals surface area (Å²) in [5, 5.41) is 111. The molecule has 21 nitrogen and oxygen atoms in total. The number of hydrogen-bond acceptors (Lipinski definition) is 17. The number of ether oxygens (including phenoxy) is 4. The summed E-state index contributed by atoms with van der Waals surface area (Å²) in [6, 6.07) is -0.352. The molecule has 0 radical (unpaired) electrons. The molecular weight excluding hydrogens is 692 g/mol. The number of carboxylic acid groups (broad SMARTS) is 4. The van der Waals surface area contributed by atoms with Crippen molar-refractivity contribution in [3.63, 3.8) is 0 Å². The lowest BCUT2D eigenvalue weighted by Gasteiger charge is -2.45. The standard InChI is InChI=1S/C30H34N2O19/c33-8-17-18(35)20(37)24(51-29-22(39)19(36)21(38)23(50-29)28(46)47)30(49-17)48-16-6-10-5-14(27(44)45)32(13(10)7-15(16)34)2-1-9-3-11(25(40)41)31-12(4-9)26(42)43/h1-3,6-7,12,14,17-24,29-30,33-39H,4-5,8H2,(H,40,41)(H,42,43)(H,44,45)(H,46,47)/t12-,14-,17+,18+,19-,20-,21-,22-,23-,24+,29-,30+/m0/s1. The monoisotopic (exact) mass is 726 g/mol. The normalized spacial score (nSPS) is 35.1. The highest BCUT2D eigenvalue weighted by Crippen LogP contribution is 2.42. The van der Waals surface area contributed by atoms with Crippen LogP contribution in [-0.4, -0.2) is 166 Å². The number of rotatable bonds is 11. The van der Waals surface area contributed by atoms with Crippen LogP contribution in [0.5, 0.6) is 11.5 Å². The minimum Gasteiger partial charge on any atom is -0.504 e. The van der Waals surface area contributed by atoms with Crippen LogP contribution in [0.4, 0.5) is 5.69 Å². The third-order valence-corrected chi connectivity index (χ3v) is 8.64. The van der Waals surface area contributed by atoms with E-state index in [0.29, 0.717) is 0 Å². The van der Waals surface area contributed by atoms with Gasteiger partial charge in [-0.05, 0) is 29.4 Å². The van der Waals surface area contributed by atoms with Crippen LogP contribution in [0.15, 0.2) is 41.1 Å². The second-order valence-electron chi connectivity index (χ2n) is 12.0. The fourth-order valence-corrected chi connectivity index (χ4v) is 5.96. The number of aromatic hydroxyl groups is 1. The van der Waals surface area contributed by atoms with Crippen molar-refractivity contribution in [2.75, 3.05) is 11.5 Å². The highest BCUT2D eigenvalue weighted by atomic mass is 16.8. The second kappa shape index (κ2) is 14.9. The van der Waals surface area contributed by atoms with Gasteiger partial charge in [0.25, 0.3) is 0 Å². The van der Waals surface area contributed by atoms with Crippen molar-refractivity contribution in [3.8, 4) is 11.5 Å². The van der Waals surface area contributed by atoms with Crippen molar-refractivity contribution in [2.24, 2.45) is 4.99 Å². The van der Waals surface area contributed by atoms with Gasteiger partial charge in [-0.15, -0.1) is 0 Å². The third-order valence-electron chi connectivity index (χ3n) is 8.64. The number of anilines is 1. The number of phenolic OH excluding ortho intramolecular Hbond substituents is 1. The molecule has 4 aliphatic heterocycles. The summed E-state index contributed by atoms with van der Waals surface area (Å²) in [5.74, 6) is -6.91. The Kier molecular flexibility index (Phi) is 10.9. The zero-order valence-corrected chi connectivity index (χ0v) is 26.0. The maximum absolute atomic E-state index is 12.2. The summed E-state index contributed by atoms with van der Waals surface area (Å²) in [5.41, 5.74) is 0.111. The van der Waals surface area contributed by atoms with Crippen LogP contribution in [0, 0.1) is 0 Å². The largest absolute Gasteiger partial charge is 0.504 e. The van der Waals surface area contributed by atoms with Crippen LogP contribution >= 0.6 is 0 Å². The zero-order chi connectivity index (χ0) is 37.5. The maximum Gasteiger partial charge on any atom is 0.354 e. The molecule has 4 heterocycles. The minimum atomic E-state index is -2.10. The number of phenols is 1. The number of aliphatic hydroxyl groups is 6. The first-order chi connectivity index (χ1) is 24.0. The Morgan fingerprint density at radius 2 is 1.57 bits per heavy atom. The summed E-state index contributed by atoms with van der Waals surface area (Å²) in [6.07, 6.45) is -16.1. The number of hydrogen-bond donors (Lipinski definition) is 11. The molecule has 0 unspecified atom stereocenters.